The molecule has 0 aliphatic carbocycles. The number of ether oxygens (including phenoxy) is 1. The van der Waals surface area contributed by atoms with Crippen LogP contribution >= 0.6 is 0 Å². The van der Waals surface area contributed by atoms with E-state index in [4.69, 9.17) is 4.74 Å². The molecule has 1 aliphatic rings. The van der Waals surface area contributed by atoms with Gasteiger partial charge in [0.05, 0.1) is 18.9 Å². The summed E-state index contributed by atoms with van der Waals surface area (Å²) in [7, 11) is 0. The predicted octanol–water partition coefficient (Wildman–Crippen LogP) is 3.88. The van der Waals surface area contributed by atoms with Crippen molar-refractivity contribution in [3.8, 4) is 0 Å². The van der Waals surface area contributed by atoms with Gasteiger partial charge in [-0.3, -0.25) is 5.43 Å². The lowest BCUT2D eigenvalue weighted by Gasteiger charge is -2.27. The molecule has 0 atom stereocenters. The van der Waals surface area contributed by atoms with Crippen LogP contribution in [0.1, 0.15) is 44.2 Å². The number of rotatable bonds is 8. The first-order valence-corrected chi connectivity index (χ1v) is 9.80. The van der Waals surface area contributed by atoms with Crippen molar-refractivity contribution in [2.45, 2.75) is 39.5 Å². The molecule has 2 heterocycles. The van der Waals surface area contributed by atoms with Gasteiger partial charge in [-0.05, 0) is 30.9 Å². The Balaban J connectivity index is 1.60. The first-order valence-electron chi connectivity index (χ1n) is 9.80. The molecule has 0 unspecified atom stereocenters. The summed E-state index contributed by atoms with van der Waals surface area (Å²) >= 11 is 0. The van der Waals surface area contributed by atoms with Crippen molar-refractivity contribution in [3.63, 3.8) is 0 Å². The normalized spacial score (nSPS) is 15.0. The zero-order chi connectivity index (χ0) is 18.9. The highest BCUT2D eigenvalue weighted by Crippen LogP contribution is 2.16. The van der Waals surface area contributed by atoms with E-state index in [0.29, 0.717) is 5.82 Å². The van der Waals surface area contributed by atoms with E-state index < -0.39 is 0 Å². The number of aryl methyl sites for hydroxylation is 1. The fraction of sp³-hybridized carbons (Fsp3) is 0.476. The van der Waals surface area contributed by atoms with Crippen LogP contribution in [0.25, 0.3) is 0 Å². The third kappa shape index (κ3) is 5.76. The van der Waals surface area contributed by atoms with Gasteiger partial charge in [0, 0.05) is 19.2 Å². The number of hydrazone groups is 1. The zero-order valence-corrected chi connectivity index (χ0v) is 16.3. The topological polar surface area (TPSA) is 62.6 Å². The number of anilines is 2. The van der Waals surface area contributed by atoms with E-state index in [1.807, 2.05) is 13.0 Å². The van der Waals surface area contributed by atoms with Gasteiger partial charge in [-0.2, -0.15) is 5.10 Å². The highest BCUT2D eigenvalue weighted by Gasteiger charge is 2.12. The number of hydrogen-bond acceptors (Lipinski definition) is 6. The fourth-order valence-corrected chi connectivity index (χ4v) is 3.07. The van der Waals surface area contributed by atoms with E-state index in [9.17, 15) is 0 Å². The highest BCUT2D eigenvalue weighted by molar-refractivity contribution is 5.99. The monoisotopic (exact) mass is 367 g/mol. The maximum atomic E-state index is 5.39. The van der Waals surface area contributed by atoms with Crippen molar-refractivity contribution in [2.75, 3.05) is 36.6 Å². The van der Waals surface area contributed by atoms with Crippen LogP contribution in [0.4, 0.5) is 11.6 Å². The molecule has 0 bridgehead atoms. The Morgan fingerprint density at radius 3 is 2.67 bits per heavy atom. The number of morpholine rings is 1. The van der Waals surface area contributed by atoms with Crippen LogP contribution in [-0.2, 0) is 11.2 Å². The standard InChI is InChI=1S/C21H29N5O/c1-3-4-5-6-18-7-9-19(10-8-18)17(2)24-25-20-15-21(23-16-22-20)26-11-13-27-14-12-26/h7-10,15-16H,3-6,11-14H2,1-2H3,(H,22,23,25). The van der Waals surface area contributed by atoms with Crippen LogP contribution in [0, 0.1) is 0 Å². The molecule has 1 aliphatic heterocycles. The van der Waals surface area contributed by atoms with Crippen LogP contribution < -0.4 is 10.3 Å². The van der Waals surface area contributed by atoms with E-state index >= 15 is 0 Å². The molecule has 0 amide bonds. The Labute approximate surface area is 161 Å². The van der Waals surface area contributed by atoms with Gasteiger partial charge in [-0.1, -0.05) is 44.0 Å². The largest absolute Gasteiger partial charge is 0.378 e. The molecule has 144 valence electrons. The van der Waals surface area contributed by atoms with Gasteiger partial charge in [0.15, 0.2) is 5.82 Å². The number of nitrogens with one attached hydrogen (secondary N) is 1. The Bertz CT molecular complexity index is 738. The first kappa shape index (κ1) is 19.3. The summed E-state index contributed by atoms with van der Waals surface area (Å²) in [5.74, 6) is 1.60. The van der Waals surface area contributed by atoms with Gasteiger partial charge in [0.25, 0.3) is 0 Å². The third-order valence-electron chi connectivity index (χ3n) is 4.77. The van der Waals surface area contributed by atoms with Gasteiger partial charge >= 0.3 is 0 Å². The molecule has 1 aromatic heterocycles. The van der Waals surface area contributed by atoms with Crippen molar-refractivity contribution in [3.05, 3.63) is 47.8 Å². The molecule has 2 aromatic rings. The van der Waals surface area contributed by atoms with Crippen LogP contribution in [0.5, 0.6) is 0 Å². The average molecular weight is 367 g/mol. The summed E-state index contributed by atoms with van der Waals surface area (Å²) in [5.41, 5.74) is 6.49. The lowest BCUT2D eigenvalue weighted by atomic mass is 10.0. The summed E-state index contributed by atoms with van der Waals surface area (Å²) in [5, 5.41) is 4.49. The van der Waals surface area contributed by atoms with Gasteiger partial charge in [-0.25, -0.2) is 9.97 Å². The second-order valence-corrected chi connectivity index (χ2v) is 6.82. The van der Waals surface area contributed by atoms with E-state index in [1.165, 1.54) is 24.8 Å². The second-order valence-electron chi connectivity index (χ2n) is 6.82. The molecule has 0 radical (unpaired) electrons. The molecule has 1 aromatic carbocycles. The van der Waals surface area contributed by atoms with Gasteiger partial charge in [-0.15, -0.1) is 0 Å². The summed E-state index contributed by atoms with van der Waals surface area (Å²) in [4.78, 5) is 10.8. The minimum atomic E-state index is 0.696. The maximum absolute atomic E-state index is 5.39. The van der Waals surface area contributed by atoms with E-state index in [-0.39, 0.29) is 0 Å². The molecule has 6 nitrogen and oxygen atoms in total. The molecule has 0 saturated carbocycles. The Morgan fingerprint density at radius 1 is 1.15 bits per heavy atom. The zero-order valence-electron chi connectivity index (χ0n) is 16.3. The smallest absolute Gasteiger partial charge is 0.151 e. The van der Waals surface area contributed by atoms with Crippen LogP contribution in [0.3, 0.4) is 0 Å². The Hall–Kier alpha value is -2.47. The fourth-order valence-electron chi connectivity index (χ4n) is 3.07. The van der Waals surface area contributed by atoms with Crippen LogP contribution in [0.15, 0.2) is 41.8 Å². The molecule has 1 saturated heterocycles. The predicted molar refractivity (Wildman–Crippen MR) is 111 cm³/mol. The molecular formula is C21H29N5O. The summed E-state index contributed by atoms with van der Waals surface area (Å²) < 4.78 is 5.39. The van der Waals surface area contributed by atoms with Gasteiger partial charge in [0.1, 0.15) is 12.1 Å². The number of nitrogens with zero attached hydrogens (tertiary/aromatic N) is 4. The Morgan fingerprint density at radius 2 is 1.93 bits per heavy atom. The summed E-state index contributed by atoms with van der Waals surface area (Å²) in [6.07, 6.45) is 6.52. The molecule has 27 heavy (non-hydrogen) atoms. The molecule has 0 spiro atoms. The quantitative estimate of drug-likeness (QED) is 0.436. The molecular weight excluding hydrogens is 338 g/mol. The van der Waals surface area contributed by atoms with Crippen molar-refractivity contribution >= 4 is 17.3 Å². The Kier molecular flexibility index (Phi) is 7.16. The number of benzene rings is 1. The van der Waals surface area contributed by atoms with Crippen LogP contribution in [0.2, 0.25) is 0 Å². The van der Waals surface area contributed by atoms with E-state index in [2.05, 4.69) is 56.6 Å². The summed E-state index contributed by atoms with van der Waals surface area (Å²) in [6, 6.07) is 10.6. The van der Waals surface area contributed by atoms with Crippen molar-refractivity contribution in [1.29, 1.82) is 0 Å². The van der Waals surface area contributed by atoms with Crippen molar-refractivity contribution < 1.29 is 4.74 Å². The minimum absolute atomic E-state index is 0.696. The minimum Gasteiger partial charge on any atom is -0.378 e. The summed E-state index contributed by atoms with van der Waals surface area (Å²) in [6.45, 7) is 7.41. The van der Waals surface area contributed by atoms with Gasteiger partial charge < -0.3 is 9.64 Å². The first-order chi connectivity index (χ1) is 13.3. The maximum Gasteiger partial charge on any atom is 0.151 e. The highest BCUT2D eigenvalue weighted by atomic mass is 16.5. The SMILES string of the molecule is CCCCCc1ccc(C(C)=NNc2cc(N3CCOCC3)ncn2)cc1. The van der Waals surface area contributed by atoms with Crippen molar-refractivity contribution in [2.24, 2.45) is 5.10 Å². The third-order valence-corrected chi connectivity index (χ3v) is 4.77. The lowest BCUT2D eigenvalue weighted by molar-refractivity contribution is 0.122. The molecule has 3 rings (SSSR count). The van der Waals surface area contributed by atoms with E-state index in [0.717, 1.165) is 49.8 Å². The van der Waals surface area contributed by atoms with Gasteiger partial charge in [0.2, 0.25) is 0 Å². The number of hydrogen-bond donors (Lipinski definition) is 1. The van der Waals surface area contributed by atoms with Crippen LogP contribution in [-0.4, -0.2) is 42.0 Å². The number of unbranched alkanes of at least 4 members (excludes halogenated alkanes) is 2. The van der Waals surface area contributed by atoms with Crippen molar-refractivity contribution in [1.82, 2.24) is 9.97 Å². The number of aromatic nitrogens is 2. The second kappa shape index (κ2) is 10.0. The molecule has 6 heteroatoms. The van der Waals surface area contributed by atoms with E-state index in [1.54, 1.807) is 6.33 Å². The average Bonchev–Trinajstić information content (AvgIpc) is 2.73. The lowest BCUT2D eigenvalue weighted by Crippen LogP contribution is -2.36. The molecule has 1 N–H and O–H groups in total. The molecule has 1 fully saturated rings.